The van der Waals surface area contributed by atoms with Gasteiger partial charge >= 0.3 is 0 Å². The standard InChI is InChI=1S/C42H22F2N4/c43-25-17-13-23(14-18-25)33-39-40(46-36-28-10-2-6-21-5-1-9-27(31(21)28)35(36)45-39)34(24-15-19-26(44)20-16-24)42-41(33)47-37-29-11-3-7-22-8-4-12-30(32(22)29)38(37)48-42/h1-11,13-20,30H,12H2. The number of fused-ring (bicyclic) bond motifs is 8. The predicted octanol–water partition coefficient (Wildman–Crippen LogP) is 10.5. The van der Waals surface area contributed by atoms with E-state index in [0.29, 0.717) is 22.1 Å². The molecule has 4 nitrogen and oxygen atoms in total. The number of allylic oxidation sites excluding steroid dienone is 1. The molecule has 0 spiro atoms. The summed E-state index contributed by atoms with van der Waals surface area (Å²) < 4.78 is 28.8. The van der Waals surface area contributed by atoms with Crippen molar-refractivity contribution in [2.45, 2.75) is 12.3 Å². The smallest absolute Gasteiger partial charge is 0.123 e. The Morgan fingerprint density at radius 1 is 0.521 bits per heavy atom. The van der Waals surface area contributed by atoms with Crippen molar-refractivity contribution >= 4 is 38.9 Å². The fourth-order valence-corrected chi connectivity index (χ4v) is 8.16. The normalized spacial score (nSPS) is 14.9. The molecule has 224 valence electrons. The van der Waals surface area contributed by atoms with Crippen LogP contribution in [-0.2, 0) is 0 Å². The van der Waals surface area contributed by atoms with E-state index < -0.39 is 0 Å². The van der Waals surface area contributed by atoms with Crippen molar-refractivity contribution in [1.29, 1.82) is 0 Å². The fraction of sp³-hybridized carbons (Fsp3) is 0.0476. The maximum absolute atomic E-state index is 14.4. The molecule has 6 aromatic carbocycles. The van der Waals surface area contributed by atoms with Crippen LogP contribution in [0.3, 0.4) is 0 Å². The first-order valence-corrected chi connectivity index (χ1v) is 16.1. The van der Waals surface area contributed by atoms with Crippen molar-refractivity contribution in [2.75, 3.05) is 0 Å². The summed E-state index contributed by atoms with van der Waals surface area (Å²) in [5, 5.41) is 2.24. The lowest BCUT2D eigenvalue weighted by molar-refractivity contribution is 0.627. The Labute approximate surface area is 273 Å². The third-order valence-corrected chi connectivity index (χ3v) is 10.2. The molecule has 0 aliphatic heterocycles. The Hall–Kier alpha value is -6.14. The Balaban J connectivity index is 1.35. The number of benzene rings is 6. The number of halogens is 2. The summed E-state index contributed by atoms with van der Waals surface area (Å²) in [5.41, 5.74) is 14.6. The Bertz CT molecular complexity index is 2760. The van der Waals surface area contributed by atoms with E-state index in [0.717, 1.165) is 78.9 Å². The van der Waals surface area contributed by atoms with Crippen LogP contribution in [0.5, 0.6) is 0 Å². The lowest BCUT2D eigenvalue weighted by Crippen LogP contribution is -2.05. The second-order valence-corrected chi connectivity index (χ2v) is 12.7. The minimum atomic E-state index is -0.327. The van der Waals surface area contributed by atoms with E-state index in [1.165, 1.54) is 35.4 Å². The SMILES string of the molecule is Fc1ccc(-c2c3nc4c(nc3c(-c3ccc(F)cc3)c3nc5c(nc23)-c2cccc3c2C5CC=C3)-c2cccc3cccc-4c23)cc1. The molecular formula is C42H22F2N4. The quantitative estimate of drug-likeness (QED) is 0.181. The van der Waals surface area contributed by atoms with Gasteiger partial charge in [-0.15, -0.1) is 0 Å². The zero-order chi connectivity index (χ0) is 31.7. The van der Waals surface area contributed by atoms with Crippen LogP contribution in [0.2, 0.25) is 0 Å². The van der Waals surface area contributed by atoms with Crippen molar-refractivity contribution in [3.05, 3.63) is 138 Å². The van der Waals surface area contributed by atoms with Gasteiger partial charge in [-0.25, -0.2) is 28.7 Å². The number of hydrogen-bond donors (Lipinski definition) is 0. The molecule has 0 radical (unpaired) electrons. The molecule has 3 aliphatic carbocycles. The fourth-order valence-electron chi connectivity index (χ4n) is 8.16. The van der Waals surface area contributed by atoms with E-state index in [1.54, 1.807) is 24.3 Å². The lowest BCUT2D eigenvalue weighted by Gasteiger charge is -2.19. The maximum atomic E-state index is 14.4. The van der Waals surface area contributed by atoms with E-state index in [9.17, 15) is 8.78 Å². The van der Waals surface area contributed by atoms with Gasteiger partial charge in [0, 0.05) is 39.1 Å². The van der Waals surface area contributed by atoms with Crippen molar-refractivity contribution in [2.24, 2.45) is 0 Å². The highest BCUT2D eigenvalue weighted by molar-refractivity contribution is 6.20. The largest absolute Gasteiger partial charge is 0.247 e. The molecular weight excluding hydrogens is 598 g/mol. The van der Waals surface area contributed by atoms with E-state index in [1.807, 2.05) is 12.1 Å². The van der Waals surface area contributed by atoms with E-state index >= 15 is 0 Å². The topological polar surface area (TPSA) is 51.6 Å². The van der Waals surface area contributed by atoms with Gasteiger partial charge in [0.1, 0.15) is 28.2 Å². The van der Waals surface area contributed by atoms with Crippen LogP contribution in [0.15, 0.2) is 109 Å². The molecule has 1 atom stereocenters. The number of hydrogen-bond acceptors (Lipinski definition) is 4. The minimum Gasteiger partial charge on any atom is -0.247 e. The molecule has 11 rings (SSSR count). The third kappa shape index (κ3) is 3.36. The molecule has 2 aromatic heterocycles. The molecule has 0 N–H and O–H groups in total. The van der Waals surface area contributed by atoms with Gasteiger partial charge in [-0.05, 0) is 58.3 Å². The van der Waals surface area contributed by atoms with Crippen LogP contribution >= 0.6 is 0 Å². The van der Waals surface area contributed by atoms with Crippen LogP contribution in [-0.4, -0.2) is 19.9 Å². The summed E-state index contributed by atoms with van der Waals surface area (Å²) in [4.78, 5) is 21.8. The van der Waals surface area contributed by atoms with Gasteiger partial charge in [-0.1, -0.05) is 91.0 Å². The zero-order valence-electron chi connectivity index (χ0n) is 25.3. The molecule has 8 aromatic rings. The number of rotatable bonds is 2. The minimum absolute atomic E-state index is 0.0809. The molecule has 0 amide bonds. The summed E-state index contributed by atoms with van der Waals surface area (Å²) in [6, 6.07) is 31.8. The average molecular weight is 621 g/mol. The average Bonchev–Trinajstić information content (AvgIpc) is 3.61. The zero-order valence-corrected chi connectivity index (χ0v) is 25.3. The van der Waals surface area contributed by atoms with E-state index in [2.05, 4.69) is 54.6 Å². The van der Waals surface area contributed by atoms with E-state index in [4.69, 9.17) is 19.9 Å². The van der Waals surface area contributed by atoms with Gasteiger partial charge in [0.15, 0.2) is 0 Å². The van der Waals surface area contributed by atoms with Gasteiger partial charge in [-0.3, -0.25) is 0 Å². The van der Waals surface area contributed by atoms with Gasteiger partial charge < -0.3 is 0 Å². The first kappa shape index (κ1) is 26.0. The Kier molecular flexibility index (Phi) is 5.00. The van der Waals surface area contributed by atoms with Gasteiger partial charge in [0.2, 0.25) is 0 Å². The highest BCUT2D eigenvalue weighted by atomic mass is 19.1. The summed E-state index contributed by atoms with van der Waals surface area (Å²) in [6.45, 7) is 0. The first-order valence-electron chi connectivity index (χ1n) is 16.1. The molecule has 0 fully saturated rings. The van der Waals surface area contributed by atoms with E-state index in [-0.39, 0.29) is 17.6 Å². The molecule has 6 heteroatoms. The van der Waals surface area contributed by atoms with Crippen molar-refractivity contribution < 1.29 is 8.78 Å². The van der Waals surface area contributed by atoms with Crippen molar-refractivity contribution in [1.82, 2.24) is 19.9 Å². The van der Waals surface area contributed by atoms with Crippen molar-refractivity contribution in [3.63, 3.8) is 0 Å². The summed E-state index contributed by atoms with van der Waals surface area (Å²) in [7, 11) is 0. The van der Waals surface area contributed by atoms with Crippen LogP contribution in [0, 0.1) is 11.6 Å². The summed E-state index contributed by atoms with van der Waals surface area (Å²) in [6.07, 6.45) is 5.21. The van der Waals surface area contributed by atoms with Crippen LogP contribution in [0.4, 0.5) is 8.78 Å². The molecule has 0 saturated heterocycles. The maximum Gasteiger partial charge on any atom is 0.123 e. The van der Waals surface area contributed by atoms with Crippen LogP contribution in [0.25, 0.3) is 94.9 Å². The Morgan fingerprint density at radius 2 is 1.04 bits per heavy atom. The number of aromatic nitrogens is 4. The van der Waals surface area contributed by atoms with Gasteiger partial charge in [0.05, 0.1) is 28.3 Å². The van der Waals surface area contributed by atoms with Crippen molar-refractivity contribution in [3.8, 4) is 56.0 Å². The molecule has 0 saturated carbocycles. The highest BCUT2D eigenvalue weighted by Crippen LogP contribution is 2.52. The molecule has 1 unspecified atom stereocenters. The van der Waals surface area contributed by atoms with Crippen LogP contribution in [0.1, 0.15) is 29.2 Å². The predicted molar refractivity (Wildman–Crippen MR) is 186 cm³/mol. The molecule has 0 bridgehead atoms. The third-order valence-electron chi connectivity index (χ3n) is 10.2. The summed E-state index contributed by atoms with van der Waals surface area (Å²) in [5.74, 6) is -0.572. The van der Waals surface area contributed by atoms with Gasteiger partial charge in [-0.2, -0.15) is 0 Å². The highest BCUT2D eigenvalue weighted by Gasteiger charge is 2.36. The van der Waals surface area contributed by atoms with Gasteiger partial charge in [0.25, 0.3) is 0 Å². The molecule has 48 heavy (non-hydrogen) atoms. The van der Waals surface area contributed by atoms with Crippen LogP contribution < -0.4 is 0 Å². The summed E-state index contributed by atoms with van der Waals surface area (Å²) >= 11 is 0. The second kappa shape index (κ2) is 9.23. The molecule has 2 heterocycles. The first-order chi connectivity index (χ1) is 23.6. The molecule has 3 aliphatic rings. The lowest BCUT2D eigenvalue weighted by atomic mass is 9.88. The monoisotopic (exact) mass is 620 g/mol. The second-order valence-electron chi connectivity index (χ2n) is 12.7. The Morgan fingerprint density at radius 3 is 1.65 bits per heavy atom. The number of nitrogens with zero attached hydrogens (tertiary/aromatic N) is 4.